The fourth-order valence-electron chi connectivity index (χ4n) is 16.7. The van der Waals surface area contributed by atoms with E-state index >= 15 is 0 Å². The zero-order valence-electron chi connectivity index (χ0n) is 39.3. The van der Waals surface area contributed by atoms with Gasteiger partial charge in [0.1, 0.15) is 0 Å². The van der Waals surface area contributed by atoms with Crippen molar-refractivity contribution in [3.63, 3.8) is 0 Å². The maximum Gasteiger partial charge on any atom is -1.00 e. The first kappa shape index (κ1) is 44.9. The van der Waals surface area contributed by atoms with Gasteiger partial charge in [0.15, 0.2) is 0 Å². The molecule has 4 atom stereocenters. The van der Waals surface area contributed by atoms with Crippen molar-refractivity contribution in [2.75, 3.05) is 0 Å². The normalized spacial score (nSPS) is 35.9. The van der Waals surface area contributed by atoms with Gasteiger partial charge in [-0.25, -0.2) is 0 Å². The Hall–Kier alpha value is -2.31. The molecule has 324 valence electrons. The van der Waals surface area contributed by atoms with Crippen LogP contribution in [0.5, 0.6) is 0 Å². The predicted octanol–water partition coefficient (Wildman–Crippen LogP) is 9.37. The zero-order valence-corrected chi connectivity index (χ0v) is 43.2. The fourth-order valence-corrected chi connectivity index (χ4v) is 28.3. The van der Waals surface area contributed by atoms with E-state index in [1.165, 1.54) is 61.6 Å². The molecule has 0 amide bonds. The molecular weight excluding hydrogens is 871 g/mol. The minimum atomic E-state index is -3.24. The Labute approximate surface area is 395 Å². The van der Waals surface area contributed by atoms with Gasteiger partial charge in [0.25, 0.3) is 0 Å². The Morgan fingerprint density at radius 2 is 1.21 bits per heavy atom. The third-order valence-corrected chi connectivity index (χ3v) is 31.2. The summed E-state index contributed by atoms with van der Waals surface area (Å²) >= 11 is -3.24. The molecule has 0 spiro atoms. The quantitative estimate of drug-likeness (QED) is 0.240. The van der Waals surface area contributed by atoms with Gasteiger partial charge in [-0.3, -0.25) is 0 Å². The van der Waals surface area contributed by atoms with E-state index in [0.717, 1.165) is 30.1 Å². The Kier molecular flexibility index (Phi) is 10.9. The number of hydrogen-bond donors (Lipinski definition) is 0. The third kappa shape index (κ3) is 5.62. The molecule has 0 radical (unpaired) electrons. The van der Waals surface area contributed by atoms with E-state index in [4.69, 9.17) is 0 Å². The molecule has 0 aliphatic heterocycles. The molecule has 0 nitrogen and oxygen atoms in total. The van der Waals surface area contributed by atoms with Crippen LogP contribution >= 0.6 is 0 Å². The molecule has 3 aromatic carbocycles. The Balaban J connectivity index is 0.00000245. The van der Waals surface area contributed by atoms with Crippen molar-refractivity contribution < 1.29 is 46.1 Å². The Morgan fingerprint density at radius 1 is 0.645 bits per heavy atom. The molecule has 62 heavy (non-hydrogen) atoms. The van der Waals surface area contributed by atoms with Gasteiger partial charge in [0, 0.05) is 0 Å². The number of rotatable bonds is 5. The molecule has 0 aromatic heterocycles. The van der Waals surface area contributed by atoms with E-state index in [0.29, 0.717) is 17.3 Å². The van der Waals surface area contributed by atoms with Crippen LogP contribution in [0.2, 0.25) is 3.12 Å². The average Bonchev–Trinajstić information content (AvgIpc) is 3.82. The first-order valence-electron chi connectivity index (χ1n) is 24.1. The van der Waals surface area contributed by atoms with E-state index in [-0.39, 0.29) is 49.6 Å². The van der Waals surface area contributed by atoms with Crippen molar-refractivity contribution in [1.82, 2.24) is 0 Å². The molecule has 0 heterocycles. The topological polar surface area (TPSA) is 0 Å². The fraction of sp³-hybridized carbons (Fsp3) is 0.508. The average molecular weight is 941 g/mol. The second kappa shape index (κ2) is 15.1. The number of hydrogen-bond acceptors (Lipinski definition) is 0. The van der Waals surface area contributed by atoms with E-state index in [1.54, 1.807) is 31.1 Å². The standard InChI is InChI=1S/C29H37.C17H23.C13H10.2ClH.Zr/c1-18-25-22-17-19-13-9-10-14-20(19)24(22)21-15-11-12-16-23(21)29(25,8)28(6,7)27(4,5)26(18,2)3;1-11-3-4-14(5-11)17(2)15-7-12-6-13(9-15)10-16(17)8-12;1-3-7-12(8-4-1)11-13-9-5-2-6-10-13;;;/h9-11,13-15,23H,12,16-17H2,1-8H3;4-5,11-13,15-16H,6-10H2,1-2H3;1-10H;2*1H;/q;;;;;+2/p-2. The van der Waals surface area contributed by atoms with Gasteiger partial charge in [-0.1, -0.05) is 0 Å². The van der Waals surface area contributed by atoms with E-state index in [2.05, 4.69) is 178 Å². The third-order valence-electron chi connectivity index (χ3n) is 21.1. The van der Waals surface area contributed by atoms with Crippen molar-refractivity contribution in [2.45, 2.75) is 124 Å². The van der Waals surface area contributed by atoms with Crippen molar-refractivity contribution in [3.05, 3.63) is 157 Å². The molecule has 12 rings (SSSR count). The SMILES string of the molecule is CC1C=C(C2(C)C3CC4CC(C3)CC2C4)C=[C]1[Zr+2](=[C](c1ccccc1)c1ccccc1)[C]1(C)C2=C3Cc4ccccc4C3=C3C=CCCC3C2(C)C(C)(C)C(C)(C)C1(C)C.[Cl-].[Cl-]. The Morgan fingerprint density at radius 3 is 1.81 bits per heavy atom. The number of halogens is 2. The van der Waals surface area contributed by atoms with Gasteiger partial charge in [-0.2, -0.15) is 0 Å². The summed E-state index contributed by atoms with van der Waals surface area (Å²) in [6.45, 7) is 27.5. The molecule has 9 aliphatic rings. The summed E-state index contributed by atoms with van der Waals surface area (Å²) in [5.74, 6) is 4.58. The molecule has 3 heteroatoms. The molecule has 4 unspecified atom stereocenters. The van der Waals surface area contributed by atoms with E-state index in [1.807, 2.05) is 8.85 Å². The number of allylic oxidation sites excluding steroid dienone is 10. The van der Waals surface area contributed by atoms with Crippen LogP contribution in [0.1, 0.15) is 136 Å². The Bertz CT molecular complexity index is 2430. The minimum absolute atomic E-state index is 0. The number of fused-ring (bicyclic) bond motifs is 6. The molecule has 9 aliphatic carbocycles. The summed E-state index contributed by atoms with van der Waals surface area (Å²) in [4.78, 5) is 0. The summed E-state index contributed by atoms with van der Waals surface area (Å²) in [5.41, 5.74) is 14.9. The van der Waals surface area contributed by atoms with Crippen LogP contribution in [-0.4, -0.2) is 3.21 Å². The van der Waals surface area contributed by atoms with Gasteiger partial charge < -0.3 is 24.8 Å². The van der Waals surface area contributed by atoms with Crippen LogP contribution in [-0.2, 0) is 27.7 Å². The summed E-state index contributed by atoms with van der Waals surface area (Å²) < 4.78 is 3.54. The van der Waals surface area contributed by atoms with Crippen LogP contribution in [0, 0.1) is 62.6 Å². The van der Waals surface area contributed by atoms with Crippen molar-refractivity contribution in [3.8, 4) is 0 Å². The van der Waals surface area contributed by atoms with Crippen molar-refractivity contribution in [2.24, 2.45) is 62.6 Å². The summed E-state index contributed by atoms with van der Waals surface area (Å²) in [6.07, 6.45) is 21.8. The number of benzene rings is 3. The van der Waals surface area contributed by atoms with Gasteiger partial charge in [0.2, 0.25) is 0 Å². The largest absolute Gasteiger partial charge is 1.00 e. The van der Waals surface area contributed by atoms with Crippen LogP contribution < -0.4 is 24.8 Å². The molecular formula is C59H70Cl2Zr. The summed E-state index contributed by atoms with van der Waals surface area (Å²) in [6, 6.07) is 33.3. The van der Waals surface area contributed by atoms with Crippen LogP contribution in [0.3, 0.4) is 0 Å². The van der Waals surface area contributed by atoms with Gasteiger partial charge in [0.05, 0.1) is 0 Å². The molecule has 4 bridgehead atoms. The minimum Gasteiger partial charge on any atom is -1.00 e. The monoisotopic (exact) mass is 938 g/mol. The molecule has 5 fully saturated rings. The second-order valence-electron chi connectivity index (χ2n) is 23.3. The summed E-state index contributed by atoms with van der Waals surface area (Å²) in [7, 11) is 0. The first-order chi connectivity index (χ1) is 28.6. The maximum atomic E-state index is 2.96. The predicted molar refractivity (Wildman–Crippen MR) is 250 cm³/mol. The smallest absolute Gasteiger partial charge is 1.00 e. The van der Waals surface area contributed by atoms with Crippen LogP contribution in [0.15, 0.2) is 135 Å². The molecule has 0 N–H and O–H groups in total. The molecule has 0 saturated heterocycles. The zero-order chi connectivity index (χ0) is 41.8. The van der Waals surface area contributed by atoms with Crippen LogP contribution in [0.25, 0.3) is 5.57 Å². The first-order valence-corrected chi connectivity index (χ1v) is 27.8. The summed E-state index contributed by atoms with van der Waals surface area (Å²) in [5, 5.41) is 0. The molecule has 3 aromatic rings. The van der Waals surface area contributed by atoms with Gasteiger partial charge in [-0.15, -0.1) is 0 Å². The van der Waals surface area contributed by atoms with Crippen LogP contribution in [0.4, 0.5) is 0 Å². The van der Waals surface area contributed by atoms with Crippen molar-refractivity contribution >= 4 is 8.78 Å². The van der Waals surface area contributed by atoms with Gasteiger partial charge in [-0.05, 0) is 0 Å². The van der Waals surface area contributed by atoms with Crippen molar-refractivity contribution in [1.29, 1.82) is 0 Å². The van der Waals surface area contributed by atoms with E-state index in [9.17, 15) is 0 Å². The van der Waals surface area contributed by atoms with E-state index < -0.39 is 21.3 Å². The van der Waals surface area contributed by atoms with Gasteiger partial charge >= 0.3 is 373 Å². The second-order valence-corrected chi connectivity index (χ2v) is 30.3. The molecule has 5 saturated carbocycles. The maximum absolute atomic E-state index is 3.24.